The molecule has 6 nitrogen and oxygen atoms in total. The number of pyridine rings is 1. The summed E-state index contributed by atoms with van der Waals surface area (Å²) in [5.74, 6) is -1.39. The molecule has 144 valence electrons. The van der Waals surface area contributed by atoms with Crippen LogP contribution in [-0.4, -0.2) is 26.8 Å². The molecule has 0 bridgehead atoms. The number of allylic oxidation sites excluding steroid dienone is 2. The van der Waals surface area contributed by atoms with Crippen LogP contribution >= 0.6 is 0 Å². The van der Waals surface area contributed by atoms with Crippen LogP contribution < -0.4 is 11.0 Å². The molecule has 2 aromatic heterocycles. The van der Waals surface area contributed by atoms with Crippen LogP contribution in [0.3, 0.4) is 0 Å². The fourth-order valence-corrected chi connectivity index (χ4v) is 3.56. The monoisotopic (exact) mass is 391 g/mol. The fraction of sp³-hybridized carbons (Fsp3) is 0.143. The molecule has 29 heavy (non-hydrogen) atoms. The molecule has 1 N–H and O–H groups in total. The molecular formula is C21H15F2N5O. The van der Waals surface area contributed by atoms with Crippen LogP contribution in [-0.2, 0) is 6.54 Å². The van der Waals surface area contributed by atoms with Crippen LogP contribution in [0.1, 0.15) is 11.1 Å². The number of aromatic nitrogens is 3. The molecular weight excluding hydrogens is 376 g/mol. The number of nitrogens with zero attached hydrogens (tertiary/aromatic N) is 4. The first-order valence-electron chi connectivity index (χ1n) is 9.07. The molecule has 0 radical (unpaired) electrons. The number of hydrogen-bond donors (Lipinski definition) is 1. The van der Waals surface area contributed by atoms with Gasteiger partial charge in [-0.3, -0.25) is 9.36 Å². The minimum Gasteiger partial charge on any atom is -0.302 e. The van der Waals surface area contributed by atoms with Crippen LogP contribution in [0, 0.1) is 17.6 Å². The summed E-state index contributed by atoms with van der Waals surface area (Å²) in [6, 6.07) is 5.97. The second kappa shape index (κ2) is 6.73. The molecule has 0 saturated carbocycles. The lowest BCUT2D eigenvalue weighted by atomic mass is 9.90. The standard InChI is InChI=1S/C21H15F2N5O/c22-16-7-13(12-3-4-18-14(6-12)9-26-27-18)8-17(23)15(16)10-28-11-25-19-2-1-5-24-20(19)21(28)29/h1-9,11,14,18,27H,10H2. The Balaban J connectivity index is 1.50. The Morgan fingerprint density at radius 1 is 1.17 bits per heavy atom. The highest BCUT2D eigenvalue weighted by atomic mass is 19.1. The molecule has 0 fully saturated rings. The van der Waals surface area contributed by atoms with Crippen LogP contribution in [0.15, 0.2) is 64.9 Å². The maximum atomic E-state index is 14.8. The Labute approximate surface area is 163 Å². The summed E-state index contributed by atoms with van der Waals surface area (Å²) >= 11 is 0. The Hall–Kier alpha value is -3.68. The lowest BCUT2D eigenvalue weighted by molar-refractivity contribution is 0.540. The molecule has 1 aliphatic carbocycles. The van der Waals surface area contributed by atoms with E-state index in [2.05, 4.69) is 20.5 Å². The van der Waals surface area contributed by atoms with Crippen LogP contribution in [0.4, 0.5) is 8.78 Å². The molecule has 2 unspecified atom stereocenters. The van der Waals surface area contributed by atoms with E-state index in [1.807, 2.05) is 18.2 Å². The van der Waals surface area contributed by atoms with Gasteiger partial charge in [0.1, 0.15) is 11.6 Å². The Kier molecular flexibility index (Phi) is 4.04. The van der Waals surface area contributed by atoms with Crippen LogP contribution in [0.25, 0.3) is 16.6 Å². The third kappa shape index (κ3) is 3.02. The predicted molar refractivity (Wildman–Crippen MR) is 105 cm³/mol. The van der Waals surface area contributed by atoms with Gasteiger partial charge in [0.15, 0.2) is 5.52 Å². The van der Waals surface area contributed by atoms with Gasteiger partial charge < -0.3 is 5.43 Å². The smallest absolute Gasteiger partial charge is 0.280 e. The van der Waals surface area contributed by atoms with Crippen molar-refractivity contribution in [2.75, 3.05) is 0 Å². The van der Waals surface area contributed by atoms with E-state index in [1.54, 1.807) is 18.3 Å². The van der Waals surface area contributed by atoms with Gasteiger partial charge in [-0.25, -0.2) is 18.7 Å². The number of rotatable bonds is 3. The van der Waals surface area contributed by atoms with Gasteiger partial charge in [-0.1, -0.05) is 18.2 Å². The van der Waals surface area contributed by atoms with Crippen molar-refractivity contribution in [2.45, 2.75) is 12.6 Å². The number of hydrazone groups is 1. The molecule has 8 heteroatoms. The maximum absolute atomic E-state index is 14.8. The Morgan fingerprint density at radius 2 is 2.00 bits per heavy atom. The maximum Gasteiger partial charge on any atom is 0.280 e. The minimum atomic E-state index is -0.720. The van der Waals surface area contributed by atoms with Gasteiger partial charge >= 0.3 is 0 Å². The molecule has 0 saturated heterocycles. The van der Waals surface area contributed by atoms with E-state index in [0.717, 1.165) is 10.1 Å². The molecule has 1 aliphatic heterocycles. The first kappa shape index (κ1) is 17.4. The number of hydrogen-bond acceptors (Lipinski definition) is 5. The molecule has 0 amide bonds. The average Bonchev–Trinajstić information content (AvgIpc) is 3.20. The van der Waals surface area contributed by atoms with E-state index in [9.17, 15) is 13.6 Å². The minimum absolute atomic E-state index is 0.0514. The van der Waals surface area contributed by atoms with Crippen molar-refractivity contribution in [1.82, 2.24) is 20.0 Å². The van der Waals surface area contributed by atoms with E-state index in [4.69, 9.17) is 0 Å². The van der Waals surface area contributed by atoms with Crippen molar-refractivity contribution < 1.29 is 8.78 Å². The van der Waals surface area contributed by atoms with E-state index >= 15 is 0 Å². The summed E-state index contributed by atoms with van der Waals surface area (Å²) in [7, 11) is 0. The summed E-state index contributed by atoms with van der Waals surface area (Å²) in [5.41, 5.74) is 4.06. The highest BCUT2D eigenvalue weighted by Gasteiger charge is 2.24. The second-order valence-electron chi connectivity index (χ2n) is 6.96. The largest absolute Gasteiger partial charge is 0.302 e. The number of benzene rings is 1. The quantitative estimate of drug-likeness (QED) is 0.745. The molecule has 3 aromatic rings. The van der Waals surface area contributed by atoms with Gasteiger partial charge in [-0.2, -0.15) is 5.10 Å². The van der Waals surface area contributed by atoms with Crippen molar-refractivity contribution in [1.29, 1.82) is 0 Å². The van der Waals surface area contributed by atoms with Gasteiger partial charge in [-0.05, 0) is 35.4 Å². The van der Waals surface area contributed by atoms with E-state index in [0.29, 0.717) is 11.1 Å². The van der Waals surface area contributed by atoms with E-state index in [-0.39, 0.29) is 29.6 Å². The Morgan fingerprint density at radius 3 is 2.83 bits per heavy atom. The number of halogens is 2. The lowest BCUT2D eigenvalue weighted by Gasteiger charge is -2.18. The number of fused-ring (bicyclic) bond motifs is 2. The molecule has 2 atom stereocenters. The van der Waals surface area contributed by atoms with Crippen LogP contribution in [0.5, 0.6) is 0 Å². The van der Waals surface area contributed by atoms with Crippen molar-refractivity contribution in [3.8, 4) is 0 Å². The summed E-state index contributed by atoms with van der Waals surface area (Å²) in [5, 5.41) is 4.02. The normalized spacial score (nSPS) is 19.9. The van der Waals surface area contributed by atoms with Crippen molar-refractivity contribution in [2.24, 2.45) is 11.0 Å². The fourth-order valence-electron chi connectivity index (χ4n) is 3.56. The zero-order valence-corrected chi connectivity index (χ0v) is 15.1. The first-order chi connectivity index (χ1) is 14.1. The first-order valence-corrected chi connectivity index (χ1v) is 9.07. The highest BCUT2D eigenvalue weighted by Crippen LogP contribution is 2.28. The summed E-state index contributed by atoms with van der Waals surface area (Å²) < 4.78 is 30.7. The van der Waals surface area contributed by atoms with E-state index < -0.39 is 17.2 Å². The SMILES string of the molecule is O=c1c2ncccc2ncn1Cc1c(F)cc(C2=CC3C=NNC3C=C2)cc1F. The zero-order chi connectivity index (χ0) is 20.0. The van der Waals surface area contributed by atoms with Gasteiger partial charge in [0.25, 0.3) is 5.56 Å². The summed E-state index contributed by atoms with van der Waals surface area (Å²) in [4.78, 5) is 20.7. The van der Waals surface area contributed by atoms with Gasteiger partial charge in [0.05, 0.1) is 24.4 Å². The summed E-state index contributed by atoms with van der Waals surface area (Å²) in [6.45, 7) is -0.271. The van der Waals surface area contributed by atoms with Crippen molar-refractivity contribution >= 4 is 22.8 Å². The highest BCUT2D eigenvalue weighted by molar-refractivity contribution is 5.81. The third-order valence-electron chi connectivity index (χ3n) is 5.13. The molecule has 5 rings (SSSR count). The zero-order valence-electron chi connectivity index (χ0n) is 15.1. The van der Waals surface area contributed by atoms with Gasteiger partial charge in [-0.15, -0.1) is 0 Å². The topological polar surface area (TPSA) is 72.2 Å². The van der Waals surface area contributed by atoms with Gasteiger partial charge in [0, 0.05) is 23.9 Å². The average molecular weight is 391 g/mol. The van der Waals surface area contributed by atoms with Crippen LogP contribution in [0.2, 0.25) is 0 Å². The molecule has 0 spiro atoms. The third-order valence-corrected chi connectivity index (χ3v) is 5.13. The molecule has 3 heterocycles. The Bertz CT molecular complexity index is 1250. The lowest BCUT2D eigenvalue weighted by Crippen LogP contribution is -2.25. The van der Waals surface area contributed by atoms with Crippen molar-refractivity contribution in [3.05, 3.63) is 88.1 Å². The van der Waals surface area contributed by atoms with Crippen molar-refractivity contribution in [3.63, 3.8) is 0 Å². The van der Waals surface area contributed by atoms with Gasteiger partial charge in [0.2, 0.25) is 0 Å². The second-order valence-corrected chi connectivity index (χ2v) is 6.96. The molecule has 2 aliphatic rings. The van der Waals surface area contributed by atoms with E-state index in [1.165, 1.54) is 24.7 Å². The number of nitrogens with one attached hydrogen (secondary N) is 1. The predicted octanol–water partition coefficient (Wildman–Crippen LogP) is 2.65. The summed E-state index contributed by atoms with van der Waals surface area (Å²) in [6.07, 6.45) is 10.2. The molecule has 1 aromatic carbocycles.